The lowest BCUT2D eigenvalue weighted by Crippen LogP contribution is -2.17. The molecule has 0 aromatic heterocycles. The Labute approximate surface area is 84.5 Å². The van der Waals surface area contributed by atoms with Crippen LogP contribution in [0, 0.1) is 5.92 Å². The van der Waals surface area contributed by atoms with Crippen molar-refractivity contribution in [2.75, 3.05) is 6.61 Å². The van der Waals surface area contributed by atoms with Gasteiger partial charge in [0.2, 0.25) is 0 Å². The van der Waals surface area contributed by atoms with Crippen molar-refractivity contribution in [2.45, 2.75) is 25.6 Å². The van der Waals surface area contributed by atoms with Gasteiger partial charge < -0.3 is 9.84 Å². The van der Waals surface area contributed by atoms with Crippen molar-refractivity contribution in [3.05, 3.63) is 35.9 Å². The van der Waals surface area contributed by atoms with Crippen LogP contribution in [-0.4, -0.2) is 17.8 Å². The summed E-state index contributed by atoms with van der Waals surface area (Å²) in [5.41, 5.74) is 1.16. The Morgan fingerprint density at radius 3 is 2.64 bits per heavy atom. The molecule has 0 unspecified atom stereocenters. The summed E-state index contributed by atoms with van der Waals surface area (Å²) in [7, 11) is 0. The molecular formula is C12H16O2. The lowest BCUT2D eigenvalue weighted by molar-refractivity contribution is 0.0178. The standard InChI is InChI=1S/C12H16O2/c13-12(11-6-7-11)9-14-8-10-4-2-1-3-5-10/h1-5,11-13H,6-9H2/t12-/m1/s1. The Bertz CT molecular complexity index is 267. The third-order valence-corrected chi connectivity index (χ3v) is 2.57. The molecular weight excluding hydrogens is 176 g/mol. The third-order valence-electron chi connectivity index (χ3n) is 2.57. The van der Waals surface area contributed by atoms with Gasteiger partial charge in [-0.2, -0.15) is 0 Å². The van der Waals surface area contributed by atoms with Crippen molar-refractivity contribution >= 4 is 0 Å². The van der Waals surface area contributed by atoms with E-state index in [0.717, 1.165) is 18.4 Å². The van der Waals surface area contributed by atoms with Gasteiger partial charge in [-0.1, -0.05) is 30.3 Å². The van der Waals surface area contributed by atoms with E-state index in [4.69, 9.17) is 4.74 Å². The number of aliphatic hydroxyl groups is 1. The molecule has 2 rings (SSSR count). The number of hydrogen-bond acceptors (Lipinski definition) is 2. The number of rotatable bonds is 5. The highest BCUT2D eigenvalue weighted by Gasteiger charge is 2.29. The molecule has 1 aliphatic rings. The van der Waals surface area contributed by atoms with Crippen LogP contribution in [0.3, 0.4) is 0 Å². The first-order chi connectivity index (χ1) is 6.86. The van der Waals surface area contributed by atoms with Crippen molar-refractivity contribution in [1.82, 2.24) is 0 Å². The molecule has 0 heterocycles. The zero-order chi connectivity index (χ0) is 9.80. The summed E-state index contributed by atoms with van der Waals surface area (Å²) in [5, 5.41) is 9.54. The predicted octanol–water partition coefficient (Wildman–Crippen LogP) is 1.97. The van der Waals surface area contributed by atoms with Crippen LogP contribution in [0.4, 0.5) is 0 Å². The highest BCUT2D eigenvalue weighted by Crippen LogP contribution is 2.32. The minimum absolute atomic E-state index is 0.251. The molecule has 0 amide bonds. The van der Waals surface area contributed by atoms with Crippen LogP contribution >= 0.6 is 0 Å². The zero-order valence-corrected chi connectivity index (χ0v) is 8.23. The number of aliphatic hydroxyl groups excluding tert-OH is 1. The summed E-state index contributed by atoms with van der Waals surface area (Å²) < 4.78 is 5.43. The van der Waals surface area contributed by atoms with Gasteiger partial charge in [-0.05, 0) is 24.3 Å². The van der Waals surface area contributed by atoms with Crippen LogP contribution in [0.2, 0.25) is 0 Å². The Kier molecular flexibility index (Phi) is 3.17. The average Bonchev–Trinajstić information content (AvgIpc) is 3.02. The second kappa shape index (κ2) is 4.58. The molecule has 1 fully saturated rings. The van der Waals surface area contributed by atoms with E-state index in [-0.39, 0.29) is 6.10 Å². The SMILES string of the molecule is O[C@H](COCc1ccccc1)C1CC1. The van der Waals surface area contributed by atoms with Crippen LogP contribution < -0.4 is 0 Å². The van der Waals surface area contributed by atoms with Gasteiger partial charge in [0, 0.05) is 0 Å². The van der Waals surface area contributed by atoms with Crippen LogP contribution in [0.15, 0.2) is 30.3 Å². The van der Waals surface area contributed by atoms with Crippen molar-refractivity contribution in [2.24, 2.45) is 5.92 Å². The largest absolute Gasteiger partial charge is 0.390 e. The molecule has 1 atom stereocenters. The van der Waals surface area contributed by atoms with E-state index in [2.05, 4.69) is 0 Å². The first kappa shape index (κ1) is 9.69. The highest BCUT2D eigenvalue weighted by atomic mass is 16.5. The molecule has 2 heteroatoms. The van der Waals surface area contributed by atoms with E-state index in [1.807, 2.05) is 30.3 Å². The Hall–Kier alpha value is -0.860. The van der Waals surface area contributed by atoms with Gasteiger partial charge in [0.15, 0.2) is 0 Å². The summed E-state index contributed by atoms with van der Waals surface area (Å²) in [6, 6.07) is 10.0. The second-order valence-corrected chi connectivity index (χ2v) is 3.91. The van der Waals surface area contributed by atoms with Crippen LogP contribution in [0.5, 0.6) is 0 Å². The van der Waals surface area contributed by atoms with Gasteiger partial charge in [-0.3, -0.25) is 0 Å². The average molecular weight is 192 g/mol. The van der Waals surface area contributed by atoms with E-state index in [0.29, 0.717) is 19.1 Å². The Morgan fingerprint density at radius 2 is 2.00 bits per heavy atom. The third kappa shape index (κ3) is 2.82. The maximum Gasteiger partial charge on any atom is 0.0801 e. The molecule has 14 heavy (non-hydrogen) atoms. The van der Waals surface area contributed by atoms with Gasteiger partial charge in [-0.15, -0.1) is 0 Å². The van der Waals surface area contributed by atoms with Gasteiger partial charge in [-0.25, -0.2) is 0 Å². The van der Waals surface area contributed by atoms with E-state index in [1.54, 1.807) is 0 Å². The maximum atomic E-state index is 9.54. The van der Waals surface area contributed by atoms with Gasteiger partial charge in [0.1, 0.15) is 0 Å². The Morgan fingerprint density at radius 1 is 1.29 bits per heavy atom. The predicted molar refractivity (Wildman–Crippen MR) is 54.8 cm³/mol. The molecule has 1 aromatic carbocycles. The lowest BCUT2D eigenvalue weighted by atomic mass is 10.2. The molecule has 2 nitrogen and oxygen atoms in total. The van der Waals surface area contributed by atoms with Gasteiger partial charge in [0.05, 0.1) is 19.3 Å². The molecule has 0 aliphatic heterocycles. The summed E-state index contributed by atoms with van der Waals surface area (Å²) in [4.78, 5) is 0. The molecule has 0 bridgehead atoms. The molecule has 0 spiro atoms. The van der Waals surface area contributed by atoms with Crippen molar-refractivity contribution in [3.63, 3.8) is 0 Å². The maximum absolute atomic E-state index is 9.54. The first-order valence-electron chi connectivity index (χ1n) is 5.16. The van der Waals surface area contributed by atoms with Gasteiger partial charge in [0.25, 0.3) is 0 Å². The molecule has 1 N–H and O–H groups in total. The highest BCUT2D eigenvalue weighted by molar-refractivity contribution is 5.13. The van der Waals surface area contributed by atoms with E-state index in [1.165, 1.54) is 0 Å². The molecule has 76 valence electrons. The minimum atomic E-state index is -0.251. The number of hydrogen-bond donors (Lipinski definition) is 1. The quantitative estimate of drug-likeness (QED) is 0.773. The van der Waals surface area contributed by atoms with E-state index >= 15 is 0 Å². The summed E-state index contributed by atoms with van der Waals surface area (Å²) in [6.07, 6.45) is 2.07. The topological polar surface area (TPSA) is 29.5 Å². The zero-order valence-electron chi connectivity index (χ0n) is 8.23. The molecule has 1 saturated carbocycles. The smallest absolute Gasteiger partial charge is 0.0801 e. The molecule has 0 radical (unpaired) electrons. The molecule has 0 saturated heterocycles. The number of benzene rings is 1. The van der Waals surface area contributed by atoms with E-state index < -0.39 is 0 Å². The fraction of sp³-hybridized carbons (Fsp3) is 0.500. The Balaban J connectivity index is 1.67. The van der Waals surface area contributed by atoms with Gasteiger partial charge >= 0.3 is 0 Å². The van der Waals surface area contributed by atoms with Crippen LogP contribution in [0.1, 0.15) is 18.4 Å². The molecule has 1 aliphatic carbocycles. The van der Waals surface area contributed by atoms with Crippen LogP contribution in [-0.2, 0) is 11.3 Å². The fourth-order valence-corrected chi connectivity index (χ4v) is 1.49. The van der Waals surface area contributed by atoms with Crippen molar-refractivity contribution < 1.29 is 9.84 Å². The lowest BCUT2D eigenvalue weighted by Gasteiger charge is -2.09. The summed E-state index contributed by atoms with van der Waals surface area (Å²) >= 11 is 0. The summed E-state index contributed by atoms with van der Waals surface area (Å²) in [6.45, 7) is 1.07. The molecule has 1 aromatic rings. The second-order valence-electron chi connectivity index (χ2n) is 3.91. The van der Waals surface area contributed by atoms with Crippen LogP contribution in [0.25, 0.3) is 0 Å². The minimum Gasteiger partial charge on any atom is -0.390 e. The van der Waals surface area contributed by atoms with E-state index in [9.17, 15) is 5.11 Å². The normalized spacial score (nSPS) is 18.1. The number of ether oxygens (including phenoxy) is 1. The summed E-state index contributed by atoms with van der Waals surface area (Å²) in [5.74, 6) is 0.505. The van der Waals surface area contributed by atoms with Crippen molar-refractivity contribution in [1.29, 1.82) is 0 Å². The van der Waals surface area contributed by atoms with Crippen molar-refractivity contribution in [3.8, 4) is 0 Å². The fourth-order valence-electron chi connectivity index (χ4n) is 1.49. The monoisotopic (exact) mass is 192 g/mol. The first-order valence-corrected chi connectivity index (χ1v) is 5.16.